The van der Waals surface area contributed by atoms with Gasteiger partial charge in [0.1, 0.15) is 11.8 Å². The molecule has 0 heterocycles. The SMILES string of the molecule is CCCOc1ccc(NC(C)C(=O)NC(N)=O)c(C)c1. The smallest absolute Gasteiger partial charge is 0.318 e. The number of nitrogens with one attached hydrogen (secondary N) is 2. The van der Waals surface area contributed by atoms with Crippen LogP contribution in [0.5, 0.6) is 5.75 Å². The summed E-state index contributed by atoms with van der Waals surface area (Å²) in [5.41, 5.74) is 6.67. The number of urea groups is 1. The molecule has 0 radical (unpaired) electrons. The number of anilines is 1. The average Bonchev–Trinajstić information content (AvgIpc) is 2.38. The highest BCUT2D eigenvalue weighted by atomic mass is 16.5. The number of rotatable bonds is 6. The van der Waals surface area contributed by atoms with Gasteiger partial charge < -0.3 is 15.8 Å². The zero-order valence-electron chi connectivity index (χ0n) is 12.0. The molecule has 0 aliphatic carbocycles. The molecule has 1 unspecified atom stereocenters. The molecule has 0 saturated heterocycles. The van der Waals surface area contributed by atoms with Crippen molar-refractivity contribution in [2.75, 3.05) is 11.9 Å². The van der Waals surface area contributed by atoms with Gasteiger partial charge in [-0.05, 0) is 44.0 Å². The number of aryl methyl sites for hydroxylation is 1. The van der Waals surface area contributed by atoms with Crippen LogP contribution >= 0.6 is 0 Å². The van der Waals surface area contributed by atoms with Gasteiger partial charge in [-0.3, -0.25) is 10.1 Å². The molecule has 0 aliphatic heterocycles. The second kappa shape index (κ2) is 7.37. The number of amides is 3. The number of primary amides is 1. The lowest BCUT2D eigenvalue weighted by atomic mass is 10.1. The zero-order chi connectivity index (χ0) is 15.1. The topological polar surface area (TPSA) is 93.4 Å². The van der Waals surface area contributed by atoms with Gasteiger partial charge >= 0.3 is 6.03 Å². The van der Waals surface area contributed by atoms with Gasteiger partial charge in [0.2, 0.25) is 5.91 Å². The number of carbonyl (C=O) groups is 2. The van der Waals surface area contributed by atoms with Gasteiger partial charge in [0, 0.05) is 5.69 Å². The Kier molecular flexibility index (Phi) is 5.83. The first-order chi connectivity index (χ1) is 9.43. The lowest BCUT2D eigenvalue weighted by Crippen LogP contribution is -2.43. The Hall–Kier alpha value is -2.24. The monoisotopic (exact) mass is 279 g/mol. The number of hydrogen-bond acceptors (Lipinski definition) is 4. The fourth-order valence-electron chi connectivity index (χ4n) is 1.64. The van der Waals surface area contributed by atoms with Crippen LogP contribution in [0.25, 0.3) is 0 Å². The van der Waals surface area contributed by atoms with Crippen molar-refractivity contribution in [3.05, 3.63) is 23.8 Å². The Balaban J connectivity index is 2.68. The van der Waals surface area contributed by atoms with Crippen LogP contribution in [0.1, 0.15) is 25.8 Å². The van der Waals surface area contributed by atoms with Crippen LogP contribution in [0.15, 0.2) is 18.2 Å². The standard InChI is InChI=1S/C14H21N3O3/c1-4-7-20-11-5-6-12(9(2)8-11)16-10(3)13(18)17-14(15)19/h5-6,8,10,16H,4,7H2,1-3H3,(H3,15,17,18,19). The molecule has 0 bridgehead atoms. The third-order valence-electron chi connectivity index (χ3n) is 2.68. The Morgan fingerprint density at radius 2 is 2.10 bits per heavy atom. The number of ether oxygens (including phenoxy) is 1. The summed E-state index contributed by atoms with van der Waals surface area (Å²) in [4.78, 5) is 22.2. The summed E-state index contributed by atoms with van der Waals surface area (Å²) in [7, 11) is 0. The van der Waals surface area contributed by atoms with Gasteiger partial charge in [-0.1, -0.05) is 6.92 Å². The highest BCUT2D eigenvalue weighted by molar-refractivity contribution is 5.97. The van der Waals surface area contributed by atoms with E-state index in [1.165, 1.54) is 0 Å². The van der Waals surface area contributed by atoms with Crippen molar-refractivity contribution in [1.82, 2.24) is 5.32 Å². The summed E-state index contributed by atoms with van der Waals surface area (Å²) in [6.07, 6.45) is 0.948. The number of hydrogen-bond donors (Lipinski definition) is 3. The van der Waals surface area contributed by atoms with Crippen LogP contribution < -0.4 is 21.1 Å². The van der Waals surface area contributed by atoms with Gasteiger partial charge in [0.05, 0.1) is 6.61 Å². The van der Waals surface area contributed by atoms with E-state index >= 15 is 0 Å². The third-order valence-corrected chi connectivity index (χ3v) is 2.68. The third kappa shape index (κ3) is 4.79. The van der Waals surface area contributed by atoms with Gasteiger partial charge in [-0.15, -0.1) is 0 Å². The first-order valence-electron chi connectivity index (χ1n) is 6.54. The lowest BCUT2D eigenvalue weighted by Gasteiger charge is -2.16. The Morgan fingerprint density at radius 1 is 1.40 bits per heavy atom. The van der Waals surface area contributed by atoms with E-state index in [0.29, 0.717) is 6.61 Å². The highest BCUT2D eigenvalue weighted by Crippen LogP contribution is 2.22. The molecule has 20 heavy (non-hydrogen) atoms. The lowest BCUT2D eigenvalue weighted by molar-refractivity contribution is -0.120. The van der Waals surface area contributed by atoms with Gasteiger partial charge in [-0.2, -0.15) is 0 Å². The van der Waals surface area contributed by atoms with Crippen LogP contribution in [0.4, 0.5) is 10.5 Å². The van der Waals surface area contributed by atoms with E-state index in [2.05, 4.69) is 5.32 Å². The Morgan fingerprint density at radius 3 is 2.65 bits per heavy atom. The fourth-order valence-corrected chi connectivity index (χ4v) is 1.64. The van der Waals surface area contributed by atoms with E-state index in [-0.39, 0.29) is 0 Å². The molecule has 1 atom stereocenters. The van der Waals surface area contributed by atoms with Gasteiger partial charge in [0.25, 0.3) is 0 Å². The Labute approximate surface area is 118 Å². The molecule has 0 saturated carbocycles. The van der Waals surface area contributed by atoms with Crippen molar-refractivity contribution in [1.29, 1.82) is 0 Å². The molecule has 0 spiro atoms. The van der Waals surface area contributed by atoms with Crippen molar-refractivity contribution in [3.8, 4) is 5.75 Å². The molecular weight excluding hydrogens is 258 g/mol. The second-order valence-corrected chi connectivity index (χ2v) is 4.54. The molecule has 3 amide bonds. The average molecular weight is 279 g/mol. The van der Waals surface area contributed by atoms with E-state index in [1.54, 1.807) is 6.92 Å². The summed E-state index contributed by atoms with van der Waals surface area (Å²) >= 11 is 0. The van der Waals surface area contributed by atoms with Gasteiger partial charge in [0.15, 0.2) is 0 Å². The maximum absolute atomic E-state index is 11.6. The number of carbonyl (C=O) groups excluding carboxylic acids is 2. The number of benzene rings is 1. The molecule has 0 aliphatic rings. The first kappa shape index (κ1) is 15.8. The van der Waals surface area contributed by atoms with Crippen molar-refractivity contribution >= 4 is 17.6 Å². The minimum Gasteiger partial charge on any atom is -0.494 e. The molecular formula is C14H21N3O3. The zero-order valence-corrected chi connectivity index (χ0v) is 12.0. The van der Waals surface area contributed by atoms with Crippen molar-refractivity contribution in [2.24, 2.45) is 5.73 Å². The quantitative estimate of drug-likeness (QED) is 0.740. The predicted octanol–water partition coefficient (Wildman–Crippen LogP) is 1.78. The van der Waals surface area contributed by atoms with Crippen molar-refractivity contribution < 1.29 is 14.3 Å². The molecule has 6 heteroatoms. The molecule has 1 aromatic carbocycles. The molecule has 0 fully saturated rings. The number of nitrogens with two attached hydrogens (primary N) is 1. The molecule has 1 rings (SSSR count). The van der Waals surface area contributed by atoms with Crippen LogP contribution in [0, 0.1) is 6.92 Å². The summed E-state index contributed by atoms with van der Waals surface area (Å²) in [6.45, 7) is 6.28. The van der Waals surface area contributed by atoms with E-state index in [1.807, 2.05) is 37.4 Å². The normalized spacial score (nSPS) is 11.6. The van der Waals surface area contributed by atoms with Crippen LogP contribution in [0.2, 0.25) is 0 Å². The van der Waals surface area contributed by atoms with Crippen molar-refractivity contribution in [3.63, 3.8) is 0 Å². The maximum atomic E-state index is 11.6. The highest BCUT2D eigenvalue weighted by Gasteiger charge is 2.15. The van der Waals surface area contributed by atoms with E-state index < -0.39 is 18.0 Å². The summed E-state index contributed by atoms with van der Waals surface area (Å²) in [6, 6.07) is 4.15. The van der Waals surface area contributed by atoms with E-state index in [4.69, 9.17) is 10.5 Å². The minimum atomic E-state index is -0.858. The van der Waals surface area contributed by atoms with Crippen LogP contribution in [-0.4, -0.2) is 24.6 Å². The van der Waals surface area contributed by atoms with Gasteiger partial charge in [-0.25, -0.2) is 4.79 Å². The second-order valence-electron chi connectivity index (χ2n) is 4.54. The molecule has 0 aromatic heterocycles. The molecule has 6 nitrogen and oxygen atoms in total. The molecule has 4 N–H and O–H groups in total. The Bertz CT molecular complexity index is 489. The maximum Gasteiger partial charge on any atom is 0.318 e. The van der Waals surface area contributed by atoms with E-state index in [9.17, 15) is 9.59 Å². The summed E-state index contributed by atoms with van der Waals surface area (Å²) < 4.78 is 5.53. The minimum absolute atomic E-state index is 0.469. The first-order valence-corrected chi connectivity index (χ1v) is 6.54. The molecule has 110 valence electrons. The number of imide groups is 1. The van der Waals surface area contributed by atoms with E-state index in [0.717, 1.165) is 23.4 Å². The van der Waals surface area contributed by atoms with Crippen LogP contribution in [0.3, 0.4) is 0 Å². The predicted molar refractivity (Wildman–Crippen MR) is 77.8 cm³/mol. The molecule has 1 aromatic rings. The van der Waals surface area contributed by atoms with Crippen molar-refractivity contribution in [2.45, 2.75) is 33.2 Å². The van der Waals surface area contributed by atoms with Crippen LogP contribution in [-0.2, 0) is 4.79 Å². The fraction of sp³-hybridized carbons (Fsp3) is 0.429. The summed E-state index contributed by atoms with van der Waals surface area (Å²) in [5.74, 6) is 0.326. The largest absolute Gasteiger partial charge is 0.494 e. The summed E-state index contributed by atoms with van der Waals surface area (Å²) in [5, 5.41) is 5.06.